The largest absolute Gasteiger partial charge is 0.493 e. The number of methoxy groups -OCH3 is 2. The molecule has 0 amide bonds. The zero-order valence-corrected chi connectivity index (χ0v) is 16.8. The average Bonchev–Trinajstić information content (AvgIpc) is 2.72. The summed E-state index contributed by atoms with van der Waals surface area (Å²) < 4.78 is 10.8. The first kappa shape index (κ1) is 19.0. The Bertz CT molecular complexity index is 877. The number of likely N-dealkylation sites (N-methyl/N-ethyl adjacent to an activating group) is 1. The highest BCUT2D eigenvalue weighted by atomic mass is 16.5. The third kappa shape index (κ3) is 3.00. The molecule has 8 heteroatoms. The Labute approximate surface area is 165 Å². The molecule has 2 aromatic rings. The number of aromatic nitrogens is 2. The number of piperidine rings is 2. The normalized spacial score (nSPS) is 25.6. The van der Waals surface area contributed by atoms with E-state index in [1.165, 1.54) is 0 Å². The van der Waals surface area contributed by atoms with E-state index in [-0.39, 0.29) is 18.1 Å². The SMILES string of the molecule is COc1cc2nc(N3CC[C@@]4(CO)CCCN(C)[C@@H]4C3)nc(N)c2cc1OC. The molecule has 28 heavy (non-hydrogen) atoms. The van der Waals surface area contributed by atoms with Crippen molar-refractivity contribution in [2.75, 3.05) is 58.1 Å². The Kier molecular flexibility index (Phi) is 4.93. The maximum absolute atomic E-state index is 10.1. The average molecular weight is 387 g/mol. The van der Waals surface area contributed by atoms with E-state index in [9.17, 15) is 5.11 Å². The molecule has 2 saturated heterocycles. The molecule has 0 bridgehead atoms. The summed E-state index contributed by atoms with van der Waals surface area (Å²) in [5.74, 6) is 2.27. The molecular weight excluding hydrogens is 358 g/mol. The first-order chi connectivity index (χ1) is 13.5. The number of hydrogen-bond acceptors (Lipinski definition) is 8. The van der Waals surface area contributed by atoms with Crippen LogP contribution in [0.5, 0.6) is 11.5 Å². The fourth-order valence-electron chi connectivity index (χ4n) is 4.81. The van der Waals surface area contributed by atoms with Crippen LogP contribution in [0, 0.1) is 5.41 Å². The lowest BCUT2D eigenvalue weighted by Crippen LogP contribution is -2.61. The van der Waals surface area contributed by atoms with Crippen LogP contribution in [-0.2, 0) is 0 Å². The van der Waals surface area contributed by atoms with Crippen molar-refractivity contribution in [3.63, 3.8) is 0 Å². The van der Waals surface area contributed by atoms with Crippen molar-refractivity contribution in [3.8, 4) is 11.5 Å². The lowest BCUT2D eigenvalue weighted by molar-refractivity contribution is -0.0278. The molecule has 2 aliphatic heterocycles. The van der Waals surface area contributed by atoms with Crippen LogP contribution >= 0.6 is 0 Å². The van der Waals surface area contributed by atoms with Gasteiger partial charge in [0.15, 0.2) is 11.5 Å². The Morgan fingerprint density at radius 1 is 1.18 bits per heavy atom. The highest BCUT2D eigenvalue weighted by Crippen LogP contribution is 2.42. The van der Waals surface area contributed by atoms with Crippen LogP contribution in [0.15, 0.2) is 12.1 Å². The summed E-state index contributed by atoms with van der Waals surface area (Å²) in [6, 6.07) is 3.94. The van der Waals surface area contributed by atoms with E-state index in [4.69, 9.17) is 20.2 Å². The summed E-state index contributed by atoms with van der Waals surface area (Å²) >= 11 is 0. The van der Waals surface area contributed by atoms with E-state index in [0.717, 1.165) is 49.8 Å². The predicted molar refractivity (Wildman–Crippen MR) is 109 cm³/mol. The summed E-state index contributed by atoms with van der Waals surface area (Å²) in [6.45, 7) is 2.88. The second-order valence-corrected chi connectivity index (χ2v) is 7.95. The summed E-state index contributed by atoms with van der Waals surface area (Å²) in [6.07, 6.45) is 3.13. The van der Waals surface area contributed by atoms with Gasteiger partial charge in [0, 0.05) is 36.0 Å². The molecule has 0 radical (unpaired) electrons. The van der Waals surface area contributed by atoms with E-state index in [1.807, 2.05) is 12.1 Å². The number of benzene rings is 1. The monoisotopic (exact) mass is 387 g/mol. The zero-order valence-electron chi connectivity index (χ0n) is 16.8. The summed E-state index contributed by atoms with van der Waals surface area (Å²) in [5, 5.41) is 10.9. The molecule has 2 aliphatic rings. The van der Waals surface area contributed by atoms with Gasteiger partial charge in [-0.1, -0.05) is 0 Å². The summed E-state index contributed by atoms with van der Waals surface area (Å²) in [5.41, 5.74) is 6.97. The number of nitrogens with zero attached hydrogens (tertiary/aromatic N) is 4. The van der Waals surface area contributed by atoms with Crippen LogP contribution in [-0.4, -0.2) is 73.5 Å². The molecule has 4 rings (SSSR count). The van der Waals surface area contributed by atoms with Crippen molar-refractivity contribution < 1.29 is 14.6 Å². The van der Waals surface area contributed by atoms with E-state index in [2.05, 4.69) is 21.8 Å². The number of aliphatic hydroxyl groups excluding tert-OH is 1. The quantitative estimate of drug-likeness (QED) is 0.815. The van der Waals surface area contributed by atoms with Gasteiger partial charge in [-0.25, -0.2) is 4.98 Å². The number of aliphatic hydroxyl groups is 1. The van der Waals surface area contributed by atoms with E-state index >= 15 is 0 Å². The number of anilines is 2. The van der Waals surface area contributed by atoms with Gasteiger partial charge >= 0.3 is 0 Å². The molecule has 8 nitrogen and oxygen atoms in total. The first-order valence-corrected chi connectivity index (χ1v) is 9.76. The van der Waals surface area contributed by atoms with Crippen molar-refractivity contribution >= 4 is 22.7 Å². The van der Waals surface area contributed by atoms with Crippen LogP contribution < -0.4 is 20.1 Å². The van der Waals surface area contributed by atoms with Crippen LogP contribution in [0.25, 0.3) is 10.9 Å². The van der Waals surface area contributed by atoms with Crippen LogP contribution in [0.2, 0.25) is 0 Å². The second kappa shape index (κ2) is 7.25. The van der Waals surface area contributed by atoms with Crippen molar-refractivity contribution in [1.82, 2.24) is 14.9 Å². The molecule has 0 aliphatic carbocycles. The molecule has 2 atom stereocenters. The number of nitrogen functional groups attached to an aromatic ring is 1. The lowest BCUT2D eigenvalue weighted by atomic mass is 9.69. The molecule has 0 spiro atoms. The minimum atomic E-state index is -0.0253. The van der Waals surface area contributed by atoms with Gasteiger partial charge < -0.3 is 30.1 Å². The van der Waals surface area contributed by atoms with Crippen LogP contribution in [0.3, 0.4) is 0 Å². The molecule has 0 unspecified atom stereocenters. The highest BCUT2D eigenvalue weighted by molar-refractivity contribution is 5.91. The van der Waals surface area contributed by atoms with Crippen molar-refractivity contribution in [1.29, 1.82) is 0 Å². The van der Waals surface area contributed by atoms with E-state index < -0.39 is 0 Å². The molecule has 152 valence electrons. The Hall–Kier alpha value is -2.32. The molecular formula is C20H29N5O3. The maximum atomic E-state index is 10.1. The molecule has 3 N–H and O–H groups in total. The third-order valence-corrected chi connectivity index (χ3v) is 6.51. The number of hydrogen-bond donors (Lipinski definition) is 2. The predicted octanol–water partition coefficient (Wildman–Crippen LogP) is 1.51. The van der Waals surface area contributed by atoms with Crippen molar-refractivity contribution in [3.05, 3.63) is 12.1 Å². The Balaban J connectivity index is 1.69. The smallest absolute Gasteiger partial charge is 0.227 e. The Morgan fingerprint density at radius 3 is 2.64 bits per heavy atom. The standard InChI is InChI=1S/C20H29N5O3/c1-24-7-4-5-20(12-26)6-8-25(11-17(20)24)19-22-14-10-16(28-3)15(27-2)9-13(14)18(21)23-19/h9-10,17,26H,4-8,11-12H2,1-3H3,(H2,21,22,23)/t17-,20-/m1/s1. The highest BCUT2D eigenvalue weighted by Gasteiger charge is 2.46. The zero-order chi connectivity index (χ0) is 19.9. The topological polar surface area (TPSA) is 97.0 Å². The molecule has 3 heterocycles. The number of fused-ring (bicyclic) bond motifs is 2. The summed E-state index contributed by atoms with van der Waals surface area (Å²) in [4.78, 5) is 13.9. The van der Waals surface area contributed by atoms with E-state index in [0.29, 0.717) is 23.3 Å². The number of nitrogens with two attached hydrogens (primary N) is 1. The number of rotatable bonds is 4. The minimum Gasteiger partial charge on any atom is -0.493 e. The second-order valence-electron chi connectivity index (χ2n) is 7.95. The van der Waals surface area contributed by atoms with Gasteiger partial charge in [-0.3, -0.25) is 0 Å². The molecule has 1 aromatic carbocycles. The van der Waals surface area contributed by atoms with Gasteiger partial charge in [0.25, 0.3) is 0 Å². The van der Waals surface area contributed by atoms with Gasteiger partial charge in [0.05, 0.1) is 26.3 Å². The maximum Gasteiger partial charge on any atom is 0.227 e. The summed E-state index contributed by atoms with van der Waals surface area (Å²) in [7, 11) is 5.34. The lowest BCUT2D eigenvalue weighted by Gasteiger charge is -2.53. The number of ether oxygens (including phenoxy) is 2. The minimum absolute atomic E-state index is 0.0253. The fraction of sp³-hybridized carbons (Fsp3) is 0.600. The number of likely N-dealkylation sites (tertiary alicyclic amines) is 1. The molecule has 0 saturated carbocycles. The van der Waals surface area contributed by atoms with Gasteiger partial charge in [0.2, 0.25) is 5.95 Å². The molecule has 2 fully saturated rings. The van der Waals surface area contributed by atoms with Crippen molar-refractivity contribution in [2.45, 2.75) is 25.3 Å². The Morgan fingerprint density at radius 2 is 1.93 bits per heavy atom. The van der Waals surface area contributed by atoms with Crippen molar-refractivity contribution in [2.24, 2.45) is 5.41 Å². The van der Waals surface area contributed by atoms with Gasteiger partial charge in [0.1, 0.15) is 5.82 Å². The van der Waals surface area contributed by atoms with Crippen LogP contribution in [0.4, 0.5) is 11.8 Å². The van der Waals surface area contributed by atoms with Gasteiger partial charge in [-0.15, -0.1) is 0 Å². The molecule has 1 aromatic heterocycles. The van der Waals surface area contributed by atoms with Gasteiger partial charge in [-0.05, 0) is 38.9 Å². The van der Waals surface area contributed by atoms with Gasteiger partial charge in [-0.2, -0.15) is 4.98 Å². The first-order valence-electron chi connectivity index (χ1n) is 9.76. The van der Waals surface area contributed by atoms with Crippen LogP contribution in [0.1, 0.15) is 19.3 Å². The van der Waals surface area contributed by atoms with E-state index in [1.54, 1.807) is 14.2 Å². The fourth-order valence-corrected chi connectivity index (χ4v) is 4.81. The third-order valence-electron chi connectivity index (χ3n) is 6.51.